The number of hydrogen-bond donors (Lipinski definition) is 2. The van der Waals surface area contributed by atoms with Gasteiger partial charge in [0.2, 0.25) is 5.88 Å². The van der Waals surface area contributed by atoms with E-state index in [2.05, 4.69) is 10.3 Å². The second-order valence-corrected chi connectivity index (χ2v) is 6.89. The molecule has 1 heterocycles. The topological polar surface area (TPSA) is 71.5 Å². The molecule has 1 aliphatic carbocycles. The minimum Gasteiger partial charge on any atom is -0.505 e. The van der Waals surface area contributed by atoms with Crippen molar-refractivity contribution in [3.63, 3.8) is 0 Å². The molecule has 5 nitrogen and oxygen atoms in total. The number of nitrogens with one attached hydrogen (secondary N) is 1. The molecule has 2 N–H and O–H groups in total. The fourth-order valence-corrected chi connectivity index (χ4v) is 3.24. The van der Waals surface area contributed by atoms with E-state index in [-0.39, 0.29) is 17.3 Å². The van der Waals surface area contributed by atoms with Crippen molar-refractivity contribution in [2.75, 3.05) is 13.2 Å². The van der Waals surface area contributed by atoms with E-state index in [4.69, 9.17) is 4.74 Å². The number of aromatic nitrogens is 1. The third-order valence-electron chi connectivity index (χ3n) is 4.89. The lowest BCUT2D eigenvalue weighted by atomic mass is 9.82. The van der Waals surface area contributed by atoms with Gasteiger partial charge in [0.15, 0.2) is 11.6 Å². The van der Waals surface area contributed by atoms with Crippen LogP contribution in [0.15, 0.2) is 36.5 Å². The summed E-state index contributed by atoms with van der Waals surface area (Å²) in [6, 6.07) is 6.43. The molecular formula is C20H22F2N2O3. The predicted octanol–water partition coefficient (Wildman–Crippen LogP) is 3.68. The average molecular weight is 376 g/mol. The first-order valence-corrected chi connectivity index (χ1v) is 9.02. The van der Waals surface area contributed by atoms with E-state index in [0.717, 1.165) is 37.9 Å². The quantitative estimate of drug-likeness (QED) is 0.807. The summed E-state index contributed by atoms with van der Waals surface area (Å²) in [6.07, 6.45) is 5.03. The summed E-state index contributed by atoms with van der Waals surface area (Å²) in [6.45, 7) is 1.08. The van der Waals surface area contributed by atoms with Gasteiger partial charge in [-0.1, -0.05) is 0 Å². The van der Waals surface area contributed by atoms with E-state index in [0.29, 0.717) is 30.9 Å². The molecule has 7 heteroatoms. The Morgan fingerprint density at radius 3 is 2.56 bits per heavy atom. The highest BCUT2D eigenvalue weighted by Crippen LogP contribution is 2.29. The lowest BCUT2D eigenvalue weighted by molar-refractivity contribution is 0.0937. The first-order valence-electron chi connectivity index (χ1n) is 9.02. The van der Waals surface area contributed by atoms with Crippen molar-refractivity contribution in [3.05, 3.63) is 53.7 Å². The number of rotatable bonds is 6. The summed E-state index contributed by atoms with van der Waals surface area (Å²) in [5.74, 6) is -0.804. The molecule has 1 aliphatic rings. The first-order chi connectivity index (χ1) is 13.0. The van der Waals surface area contributed by atoms with Gasteiger partial charge in [-0.15, -0.1) is 0 Å². The Hall–Kier alpha value is -2.70. The zero-order chi connectivity index (χ0) is 19.2. The van der Waals surface area contributed by atoms with Crippen LogP contribution in [-0.2, 0) is 0 Å². The number of ether oxygens (including phenoxy) is 1. The summed E-state index contributed by atoms with van der Waals surface area (Å²) >= 11 is 0. The van der Waals surface area contributed by atoms with Crippen LogP contribution in [0.5, 0.6) is 11.6 Å². The minimum atomic E-state index is -0.807. The van der Waals surface area contributed by atoms with E-state index in [9.17, 15) is 18.7 Å². The zero-order valence-electron chi connectivity index (χ0n) is 14.8. The van der Waals surface area contributed by atoms with Crippen LogP contribution >= 0.6 is 0 Å². The summed E-state index contributed by atoms with van der Waals surface area (Å²) < 4.78 is 31.8. The van der Waals surface area contributed by atoms with Gasteiger partial charge in [-0.05, 0) is 61.8 Å². The van der Waals surface area contributed by atoms with E-state index < -0.39 is 11.6 Å². The van der Waals surface area contributed by atoms with Crippen LogP contribution in [0.4, 0.5) is 8.78 Å². The van der Waals surface area contributed by atoms with Crippen LogP contribution < -0.4 is 10.1 Å². The van der Waals surface area contributed by atoms with Crippen LogP contribution in [-0.4, -0.2) is 29.1 Å². The Morgan fingerprint density at radius 1 is 1.15 bits per heavy atom. The van der Waals surface area contributed by atoms with Crippen molar-refractivity contribution in [2.24, 2.45) is 11.8 Å². The maximum Gasteiger partial charge on any atom is 0.251 e. The highest BCUT2D eigenvalue weighted by atomic mass is 19.1. The summed E-state index contributed by atoms with van der Waals surface area (Å²) in [4.78, 5) is 16.0. The van der Waals surface area contributed by atoms with Gasteiger partial charge < -0.3 is 15.2 Å². The van der Waals surface area contributed by atoms with E-state index >= 15 is 0 Å². The lowest BCUT2D eigenvalue weighted by Gasteiger charge is -2.28. The molecule has 0 bridgehead atoms. The van der Waals surface area contributed by atoms with Gasteiger partial charge in [-0.3, -0.25) is 4.79 Å². The Labute approximate surface area is 156 Å². The molecule has 0 unspecified atom stereocenters. The number of aromatic hydroxyl groups is 1. The second kappa shape index (κ2) is 8.79. The van der Waals surface area contributed by atoms with Crippen molar-refractivity contribution in [3.8, 4) is 11.6 Å². The molecule has 3 rings (SSSR count). The fraction of sp³-hybridized carbons (Fsp3) is 0.400. The highest BCUT2D eigenvalue weighted by molar-refractivity contribution is 5.94. The van der Waals surface area contributed by atoms with Gasteiger partial charge in [0, 0.05) is 18.2 Å². The normalized spacial score (nSPS) is 19.5. The highest BCUT2D eigenvalue weighted by Gasteiger charge is 2.22. The molecule has 0 aliphatic heterocycles. The van der Waals surface area contributed by atoms with Gasteiger partial charge in [-0.25, -0.2) is 13.8 Å². The first kappa shape index (κ1) is 19.1. The molecule has 1 amide bonds. The van der Waals surface area contributed by atoms with Crippen molar-refractivity contribution in [2.45, 2.75) is 25.7 Å². The molecule has 0 spiro atoms. The lowest BCUT2D eigenvalue weighted by Crippen LogP contribution is -2.32. The molecule has 27 heavy (non-hydrogen) atoms. The Balaban J connectivity index is 1.38. The molecule has 1 saturated carbocycles. The smallest absolute Gasteiger partial charge is 0.251 e. The molecular weight excluding hydrogens is 354 g/mol. The molecule has 0 atom stereocenters. The summed E-state index contributed by atoms with van der Waals surface area (Å²) in [5.41, 5.74) is 0.194. The summed E-state index contributed by atoms with van der Waals surface area (Å²) in [7, 11) is 0. The second-order valence-electron chi connectivity index (χ2n) is 6.89. The number of phenolic OH excluding ortho intramolecular Hbond substituents is 1. The maximum atomic E-state index is 13.3. The number of phenols is 1. The number of carbonyl (C=O) groups excluding carboxylic acids is 1. The number of hydrogen-bond acceptors (Lipinski definition) is 4. The average Bonchev–Trinajstić information content (AvgIpc) is 2.68. The van der Waals surface area contributed by atoms with Crippen LogP contribution in [0.3, 0.4) is 0 Å². The molecule has 0 radical (unpaired) electrons. The Morgan fingerprint density at radius 2 is 1.89 bits per heavy atom. The van der Waals surface area contributed by atoms with Crippen LogP contribution in [0.25, 0.3) is 0 Å². The van der Waals surface area contributed by atoms with Crippen LogP contribution in [0.2, 0.25) is 0 Å². The third kappa shape index (κ3) is 5.39. The van der Waals surface area contributed by atoms with Gasteiger partial charge in [-0.2, -0.15) is 0 Å². The SMILES string of the molecule is O=C(NCC1CCC(COc2ccc(F)cn2)CC1)c1ccc(O)c(F)c1. The number of halogens is 2. The molecule has 1 fully saturated rings. The third-order valence-corrected chi connectivity index (χ3v) is 4.89. The fourth-order valence-electron chi connectivity index (χ4n) is 3.24. The van der Waals surface area contributed by atoms with Crippen LogP contribution in [0.1, 0.15) is 36.0 Å². The molecule has 144 valence electrons. The summed E-state index contributed by atoms with van der Waals surface area (Å²) in [5, 5.41) is 12.0. The largest absolute Gasteiger partial charge is 0.505 e. The van der Waals surface area contributed by atoms with Gasteiger partial charge >= 0.3 is 0 Å². The zero-order valence-corrected chi connectivity index (χ0v) is 14.8. The monoisotopic (exact) mass is 376 g/mol. The van der Waals surface area contributed by atoms with Gasteiger partial charge in [0.25, 0.3) is 5.91 Å². The van der Waals surface area contributed by atoms with Gasteiger partial charge in [0.05, 0.1) is 12.8 Å². The Kier molecular flexibility index (Phi) is 6.21. The molecule has 1 aromatic heterocycles. The number of benzene rings is 1. The van der Waals surface area contributed by atoms with Crippen molar-refractivity contribution in [1.82, 2.24) is 10.3 Å². The number of pyridine rings is 1. The molecule has 0 saturated heterocycles. The number of amides is 1. The standard InChI is InChI=1S/C20H22F2N2O3/c21-16-6-8-19(23-11-16)27-12-14-3-1-13(2-4-14)10-24-20(26)15-5-7-18(25)17(22)9-15/h5-9,11,13-14,25H,1-4,10,12H2,(H,24,26). The Bertz CT molecular complexity index is 775. The number of carbonyl (C=O) groups is 1. The van der Waals surface area contributed by atoms with Crippen molar-refractivity contribution < 1.29 is 23.4 Å². The van der Waals surface area contributed by atoms with Crippen LogP contribution in [0, 0.1) is 23.5 Å². The predicted molar refractivity (Wildman–Crippen MR) is 95.5 cm³/mol. The molecule has 1 aromatic carbocycles. The van der Waals surface area contributed by atoms with E-state index in [1.807, 2.05) is 0 Å². The van der Waals surface area contributed by atoms with E-state index in [1.54, 1.807) is 0 Å². The van der Waals surface area contributed by atoms with Gasteiger partial charge in [0.1, 0.15) is 5.82 Å². The maximum absolute atomic E-state index is 13.3. The van der Waals surface area contributed by atoms with Crippen molar-refractivity contribution >= 4 is 5.91 Å². The van der Waals surface area contributed by atoms with Crippen molar-refractivity contribution in [1.29, 1.82) is 0 Å². The molecule has 2 aromatic rings. The van der Waals surface area contributed by atoms with E-state index in [1.165, 1.54) is 24.3 Å². The number of nitrogens with zero attached hydrogens (tertiary/aromatic N) is 1. The minimum absolute atomic E-state index is 0.194.